The third-order valence-corrected chi connectivity index (χ3v) is 5.21. The molecule has 1 aromatic carbocycles. The van der Waals surface area contributed by atoms with E-state index in [2.05, 4.69) is 26.0 Å². The molecular formula is C11H16BrClN2O2S. The standard InChI is InChI=1S/C11H15BrN2O2S.ClH/c1-8-2-3-10(6-11(8)12)17(15,16)14-9-4-5-13-7-9;/h2-3,6,9,13-14H,4-5,7H2,1H3;1H. The number of benzene rings is 1. The molecule has 18 heavy (non-hydrogen) atoms. The van der Waals surface area contributed by atoms with Crippen LogP contribution in [-0.4, -0.2) is 27.5 Å². The summed E-state index contributed by atoms with van der Waals surface area (Å²) in [6.45, 7) is 3.49. The first kappa shape index (κ1) is 15.9. The van der Waals surface area contributed by atoms with Gasteiger partial charge in [-0.1, -0.05) is 22.0 Å². The van der Waals surface area contributed by atoms with Crippen molar-refractivity contribution in [2.45, 2.75) is 24.3 Å². The first-order chi connectivity index (χ1) is 7.99. The van der Waals surface area contributed by atoms with Crippen LogP contribution in [-0.2, 0) is 10.0 Å². The summed E-state index contributed by atoms with van der Waals surface area (Å²) in [5, 5.41) is 3.13. The Balaban J connectivity index is 0.00000162. The third kappa shape index (κ3) is 3.68. The number of hydrogen-bond acceptors (Lipinski definition) is 3. The van der Waals surface area contributed by atoms with Gasteiger partial charge in [-0.25, -0.2) is 13.1 Å². The Labute approximate surface area is 122 Å². The molecule has 1 atom stereocenters. The zero-order valence-corrected chi connectivity index (χ0v) is 13.2. The Morgan fingerprint density at radius 2 is 2.17 bits per heavy atom. The van der Waals surface area contributed by atoms with E-state index in [1.54, 1.807) is 18.2 Å². The van der Waals surface area contributed by atoms with E-state index in [1.807, 2.05) is 6.92 Å². The molecule has 0 bridgehead atoms. The molecule has 1 aliphatic heterocycles. The summed E-state index contributed by atoms with van der Waals surface area (Å²) in [6, 6.07) is 5.07. The highest BCUT2D eigenvalue weighted by Gasteiger charge is 2.22. The van der Waals surface area contributed by atoms with Crippen molar-refractivity contribution in [3.05, 3.63) is 28.2 Å². The Morgan fingerprint density at radius 1 is 1.44 bits per heavy atom. The molecule has 1 aromatic rings. The second-order valence-corrected chi connectivity index (χ2v) is 6.79. The minimum atomic E-state index is -3.40. The van der Waals surface area contributed by atoms with E-state index >= 15 is 0 Å². The molecule has 1 saturated heterocycles. The van der Waals surface area contributed by atoms with Crippen LogP contribution in [0.2, 0.25) is 0 Å². The highest BCUT2D eigenvalue weighted by atomic mass is 79.9. The van der Waals surface area contributed by atoms with E-state index in [9.17, 15) is 8.42 Å². The number of rotatable bonds is 3. The van der Waals surface area contributed by atoms with Crippen LogP contribution >= 0.6 is 28.3 Å². The van der Waals surface area contributed by atoms with Crippen molar-refractivity contribution in [3.63, 3.8) is 0 Å². The molecule has 1 aliphatic rings. The summed E-state index contributed by atoms with van der Waals surface area (Å²) in [4.78, 5) is 0.307. The SMILES string of the molecule is Cc1ccc(S(=O)(=O)NC2CCNC2)cc1Br.Cl. The van der Waals surface area contributed by atoms with Crippen molar-refractivity contribution in [3.8, 4) is 0 Å². The molecular weight excluding hydrogens is 340 g/mol. The topological polar surface area (TPSA) is 58.2 Å². The predicted octanol–water partition coefficient (Wildman–Crippen LogP) is 1.82. The fourth-order valence-corrected chi connectivity index (χ4v) is 3.61. The van der Waals surface area contributed by atoms with Crippen LogP contribution in [0.5, 0.6) is 0 Å². The van der Waals surface area contributed by atoms with Crippen molar-refractivity contribution in [2.75, 3.05) is 13.1 Å². The van der Waals surface area contributed by atoms with Gasteiger partial charge in [-0.05, 0) is 37.6 Å². The Bertz CT molecular complexity index is 516. The molecule has 0 spiro atoms. The average Bonchev–Trinajstić information content (AvgIpc) is 2.73. The second kappa shape index (κ2) is 6.34. The summed E-state index contributed by atoms with van der Waals surface area (Å²) in [7, 11) is -3.40. The number of halogens is 2. The van der Waals surface area contributed by atoms with Gasteiger partial charge in [-0.15, -0.1) is 12.4 Å². The van der Waals surface area contributed by atoms with Crippen molar-refractivity contribution in [1.29, 1.82) is 0 Å². The molecule has 102 valence electrons. The highest BCUT2D eigenvalue weighted by Crippen LogP contribution is 2.20. The zero-order valence-electron chi connectivity index (χ0n) is 9.94. The van der Waals surface area contributed by atoms with Crippen LogP contribution < -0.4 is 10.0 Å². The van der Waals surface area contributed by atoms with Crippen LogP contribution in [0, 0.1) is 6.92 Å². The summed E-state index contributed by atoms with van der Waals surface area (Å²) < 4.78 is 27.7. The van der Waals surface area contributed by atoms with Gasteiger partial charge in [-0.2, -0.15) is 0 Å². The smallest absolute Gasteiger partial charge is 0.240 e. The van der Waals surface area contributed by atoms with Crippen LogP contribution in [0.3, 0.4) is 0 Å². The lowest BCUT2D eigenvalue weighted by atomic mass is 10.2. The fraction of sp³-hybridized carbons (Fsp3) is 0.455. The number of aryl methyl sites for hydroxylation is 1. The van der Waals surface area contributed by atoms with Crippen LogP contribution in [0.15, 0.2) is 27.6 Å². The van der Waals surface area contributed by atoms with Gasteiger partial charge in [0.25, 0.3) is 0 Å². The minimum absolute atomic E-state index is 0. The quantitative estimate of drug-likeness (QED) is 0.869. The molecule has 7 heteroatoms. The Morgan fingerprint density at radius 3 is 2.72 bits per heavy atom. The monoisotopic (exact) mass is 354 g/mol. The van der Waals surface area contributed by atoms with Crippen molar-refractivity contribution < 1.29 is 8.42 Å². The van der Waals surface area contributed by atoms with Gasteiger partial charge in [0.2, 0.25) is 10.0 Å². The van der Waals surface area contributed by atoms with E-state index in [4.69, 9.17) is 0 Å². The van der Waals surface area contributed by atoms with Gasteiger partial charge in [0.1, 0.15) is 0 Å². The van der Waals surface area contributed by atoms with Crippen LogP contribution in [0.1, 0.15) is 12.0 Å². The molecule has 0 aliphatic carbocycles. The average molecular weight is 356 g/mol. The largest absolute Gasteiger partial charge is 0.315 e. The van der Waals surface area contributed by atoms with E-state index in [0.29, 0.717) is 11.4 Å². The Hall–Kier alpha value is -0.140. The summed E-state index contributed by atoms with van der Waals surface area (Å²) in [5.41, 5.74) is 1.02. The first-order valence-electron chi connectivity index (χ1n) is 5.48. The molecule has 0 radical (unpaired) electrons. The van der Waals surface area contributed by atoms with Crippen molar-refractivity contribution in [2.24, 2.45) is 0 Å². The summed E-state index contributed by atoms with van der Waals surface area (Å²) in [6.07, 6.45) is 0.840. The molecule has 0 aromatic heterocycles. The molecule has 1 heterocycles. The van der Waals surface area contributed by atoms with Crippen LogP contribution in [0.25, 0.3) is 0 Å². The summed E-state index contributed by atoms with van der Waals surface area (Å²) >= 11 is 3.35. The third-order valence-electron chi connectivity index (χ3n) is 2.84. The highest BCUT2D eigenvalue weighted by molar-refractivity contribution is 9.10. The van der Waals surface area contributed by atoms with E-state index in [0.717, 1.165) is 23.0 Å². The van der Waals surface area contributed by atoms with Gasteiger partial charge in [0.05, 0.1) is 4.90 Å². The Kier molecular flexibility index (Phi) is 5.61. The molecule has 2 rings (SSSR count). The normalized spacial score (nSPS) is 19.6. The van der Waals surface area contributed by atoms with Gasteiger partial charge in [0, 0.05) is 17.1 Å². The number of nitrogens with one attached hydrogen (secondary N) is 2. The zero-order chi connectivity index (χ0) is 12.5. The van der Waals surface area contributed by atoms with Crippen molar-refractivity contribution in [1.82, 2.24) is 10.0 Å². The first-order valence-corrected chi connectivity index (χ1v) is 7.76. The lowest BCUT2D eigenvalue weighted by Crippen LogP contribution is -2.36. The van der Waals surface area contributed by atoms with E-state index in [-0.39, 0.29) is 18.4 Å². The molecule has 2 N–H and O–H groups in total. The summed E-state index contributed by atoms with van der Waals surface area (Å²) in [5.74, 6) is 0. The number of hydrogen-bond donors (Lipinski definition) is 2. The molecule has 1 fully saturated rings. The van der Waals surface area contributed by atoms with E-state index in [1.165, 1.54) is 0 Å². The van der Waals surface area contributed by atoms with Gasteiger partial charge in [0.15, 0.2) is 0 Å². The predicted molar refractivity (Wildman–Crippen MR) is 77.7 cm³/mol. The molecule has 0 amide bonds. The maximum absolute atomic E-state index is 12.1. The molecule has 4 nitrogen and oxygen atoms in total. The van der Waals surface area contributed by atoms with Gasteiger partial charge < -0.3 is 5.32 Å². The van der Waals surface area contributed by atoms with Gasteiger partial charge in [-0.3, -0.25) is 0 Å². The lowest BCUT2D eigenvalue weighted by molar-refractivity contribution is 0.560. The van der Waals surface area contributed by atoms with E-state index < -0.39 is 10.0 Å². The van der Waals surface area contributed by atoms with Gasteiger partial charge >= 0.3 is 0 Å². The van der Waals surface area contributed by atoms with Crippen LogP contribution in [0.4, 0.5) is 0 Å². The molecule has 1 unspecified atom stereocenters. The maximum atomic E-state index is 12.1. The lowest BCUT2D eigenvalue weighted by Gasteiger charge is -2.12. The van der Waals surface area contributed by atoms with Crippen molar-refractivity contribution >= 4 is 38.4 Å². The maximum Gasteiger partial charge on any atom is 0.240 e. The fourth-order valence-electron chi connectivity index (χ4n) is 1.78. The number of sulfonamides is 1. The molecule has 0 saturated carbocycles. The second-order valence-electron chi connectivity index (χ2n) is 4.22. The minimum Gasteiger partial charge on any atom is -0.315 e.